The molecule has 0 radical (unpaired) electrons. The van der Waals surface area contributed by atoms with Gasteiger partial charge in [0.05, 0.1) is 13.7 Å². The lowest BCUT2D eigenvalue weighted by atomic mass is 10.0. The number of benzene rings is 1. The summed E-state index contributed by atoms with van der Waals surface area (Å²) in [4.78, 5) is 24.2. The number of carbonyl (C=O) groups is 2. The molecule has 2 aliphatic heterocycles. The van der Waals surface area contributed by atoms with Crippen LogP contribution in [0.1, 0.15) is 33.3 Å². The number of rotatable bonds is 8. The summed E-state index contributed by atoms with van der Waals surface area (Å²) < 4.78 is 28.7. The van der Waals surface area contributed by atoms with Crippen molar-refractivity contribution in [2.45, 2.75) is 70.7 Å². The van der Waals surface area contributed by atoms with Gasteiger partial charge in [0.2, 0.25) is 5.91 Å². The second kappa shape index (κ2) is 9.91. The number of hydrogen-bond acceptors (Lipinski definition) is 7. The number of carbonyl (C=O) groups excluding carboxylic acids is 2. The van der Waals surface area contributed by atoms with Crippen LogP contribution in [0.5, 0.6) is 0 Å². The Kier molecular flexibility index (Phi) is 7.48. The molecule has 0 aliphatic carbocycles. The van der Waals surface area contributed by atoms with Gasteiger partial charge in [-0.15, -0.1) is 0 Å². The lowest BCUT2D eigenvalue weighted by molar-refractivity contribution is -0.231. The van der Waals surface area contributed by atoms with E-state index in [1.165, 1.54) is 13.2 Å². The number of ether oxygens (including phenoxy) is 5. The minimum absolute atomic E-state index is 0.111. The Balaban J connectivity index is 1.64. The van der Waals surface area contributed by atoms with Crippen LogP contribution >= 0.6 is 0 Å². The molecule has 2 fully saturated rings. The van der Waals surface area contributed by atoms with E-state index in [4.69, 9.17) is 23.7 Å². The average Bonchev–Trinajstić information content (AvgIpc) is 3.21. The van der Waals surface area contributed by atoms with Crippen molar-refractivity contribution in [3.63, 3.8) is 0 Å². The predicted molar refractivity (Wildman–Crippen MR) is 112 cm³/mol. The van der Waals surface area contributed by atoms with E-state index in [-0.39, 0.29) is 5.92 Å². The molecule has 0 bridgehead atoms. The summed E-state index contributed by atoms with van der Waals surface area (Å²) in [6, 6.07) is 9.04. The molecule has 1 amide bonds. The van der Waals surface area contributed by atoms with Crippen LogP contribution in [0.3, 0.4) is 0 Å². The van der Waals surface area contributed by atoms with Crippen molar-refractivity contribution in [3.8, 4) is 0 Å². The Morgan fingerprint density at radius 3 is 2.48 bits per heavy atom. The third-order valence-corrected chi connectivity index (χ3v) is 5.16. The minimum Gasteiger partial charge on any atom is -0.467 e. The highest BCUT2D eigenvalue weighted by Crippen LogP contribution is 2.39. The van der Waals surface area contributed by atoms with Crippen LogP contribution < -0.4 is 5.32 Å². The van der Waals surface area contributed by atoms with E-state index in [1.54, 1.807) is 6.08 Å². The van der Waals surface area contributed by atoms with Gasteiger partial charge in [0, 0.05) is 6.08 Å². The Morgan fingerprint density at radius 2 is 1.84 bits per heavy atom. The molecular weight excluding hydrogens is 402 g/mol. The maximum Gasteiger partial charge on any atom is 0.328 e. The summed E-state index contributed by atoms with van der Waals surface area (Å²) in [5.41, 5.74) is 1.02. The van der Waals surface area contributed by atoms with E-state index in [0.717, 1.165) is 5.56 Å². The third kappa shape index (κ3) is 5.92. The first-order chi connectivity index (χ1) is 14.7. The van der Waals surface area contributed by atoms with Crippen molar-refractivity contribution in [1.82, 2.24) is 5.32 Å². The van der Waals surface area contributed by atoms with Crippen molar-refractivity contribution in [2.24, 2.45) is 5.92 Å². The van der Waals surface area contributed by atoms with Crippen LogP contribution in [0.15, 0.2) is 42.5 Å². The van der Waals surface area contributed by atoms with Gasteiger partial charge in [0.1, 0.15) is 24.4 Å². The molecule has 170 valence electrons. The van der Waals surface area contributed by atoms with Gasteiger partial charge in [0.15, 0.2) is 12.1 Å². The SMILES string of the molecule is COC(=O)[C@@H](NC(=O)/C=C/[C@H]1O[C@H](OCc2ccccc2)[C@H]2OC(C)(C)O[C@H]21)C(C)C. The van der Waals surface area contributed by atoms with E-state index >= 15 is 0 Å². The molecule has 5 atom stereocenters. The fourth-order valence-corrected chi connectivity index (χ4v) is 3.64. The Labute approximate surface area is 182 Å². The number of nitrogens with one attached hydrogen (secondary N) is 1. The molecule has 2 saturated heterocycles. The molecule has 1 aromatic carbocycles. The molecule has 3 rings (SSSR count). The van der Waals surface area contributed by atoms with Crippen molar-refractivity contribution in [1.29, 1.82) is 0 Å². The van der Waals surface area contributed by atoms with Gasteiger partial charge in [0.25, 0.3) is 0 Å². The van der Waals surface area contributed by atoms with E-state index in [9.17, 15) is 9.59 Å². The van der Waals surface area contributed by atoms with Gasteiger partial charge < -0.3 is 29.0 Å². The number of esters is 1. The lowest BCUT2D eigenvalue weighted by Gasteiger charge is -2.23. The third-order valence-electron chi connectivity index (χ3n) is 5.16. The molecule has 2 aliphatic rings. The summed E-state index contributed by atoms with van der Waals surface area (Å²) in [7, 11) is 1.29. The largest absolute Gasteiger partial charge is 0.467 e. The standard InChI is InChI=1S/C23H31NO7/c1-14(2)18(21(26)27-5)24-17(25)12-11-16-19-20(31-23(3,4)30-19)22(29-16)28-13-15-9-7-6-8-10-15/h6-12,14,16,18-20,22H,13H2,1-5H3,(H,24,25)/b12-11+/t16-,18+,19+,20+,22+/m1/s1. The van der Waals surface area contributed by atoms with E-state index in [1.807, 2.05) is 58.0 Å². The van der Waals surface area contributed by atoms with Crippen LogP contribution in [0.4, 0.5) is 0 Å². The number of amides is 1. The second-order valence-corrected chi connectivity index (χ2v) is 8.44. The highest BCUT2D eigenvalue weighted by atomic mass is 16.8. The van der Waals surface area contributed by atoms with E-state index in [2.05, 4.69) is 5.32 Å². The molecule has 31 heavy (non-hydrogen) atoms. The van der Waals surface area contributed by atoms with Crippen LogP contribution in [-0.4, -0.2) is 55.4 Å². The normalized spacial score (nSPS) is 27.9. The smallest absolute Gasteiger partial charge is 0.328 e. The maximum atomic E-state index is 12.4. The Hall–Kier alpha value is -2.26. The van der Waals surface area contributed by atoms with Gasteiger partial charge in [-0.05, 0) is 31.4 Å². The summed E-state index contributed by atoms with van der Waals surface area (Å²) >= 11 is 0. The van der Waals surface area contributed by atoms with Gasteiger partial charge in [-0.25, -0.2) is 4.79 Å². The molecule has 0 spiro atoms. The first kappa shape index (κ1) is 23.4. The van der Waals surface area contributed by atoms with Crippen molar-refractivity contribution >= 4 is 11.9 Å². The second-order valence-electron chi connectivity index (χ2n) is 8.44. The first-order valence-electron chi connectivity index (χ1n) is 10.4. The Morgan fingerprint density at radius 1 is 1.16 bits per heavy atom. The zero-order chi connectivity index (χ0) is 22.6. The highest BCUT2D eigenvalue weighted by Gasteiger charge is 2.55. The molecule has 1 aromatic rings. The van der Waals surface area contributed by atoms with Gasteiger partial charge >= 0.3 is 5.97 Å². The monoisotopic (exact) mass is 433 g/mol. The molecule has 2 heterocycles. The van der Waals surface area contributed by atoms with Gasteiger partial charge in [-0.3, -0.25) is 4.79 Å². The van der Waals surface area contributed by atoms with Crippen molar-refractivity contribution in [3.05, 3.63) is 48.0 Å². The fraction of sp³-hybridized carbons (Fsp3) is 0.565. The molecule has 0 unspecified atom stereocenters. The van der Waals surface area contributed by atoms with Crippen LogP contribution in [-0.2, 0) is 39.9 Å². The molecule has 1 N–H and O–H groups in total. The number of methoxy groups -OCH3 is 1. The van der Waals surface area contributed by atoms with Crippen LogP contribution in [0.25, 0.3) is 0 Å². The highest BCUT2D eigenvalue weighted by molar-refractivity contribution is 5.91. The quantitative estimate of drug-likeness (QED) is 0.497. The van der Waals surface area contributed by atoms with Gasteiger partial charge in [-0.1, -0.05) is 44.2 Å². The predicted octanol–water partition coefficient (Wildman–Crippen LogP) is 2.32. The maximum absolute atomic E-state index is 12.4. The zero-order valence-electron chi connectivity index (χ0n) is 18.6. The molecule has 8 nitrogen and oxygen atoms in total. The fourth-order valence-electron chi connectivity index (χ4n) is 3.64. The molecular formula is C23H31NO7. The van der Waals surface area contributed by atoms with Crippen molar-refractivity contribution in [2.75, 3.05) is 7.11 Å². The van der Waals surface area contributed by atoms with Gasteiger partial charge in [-0.2, -0.15) is 0 Å². The summed E-state index contributed by atoms with van der Waals surface area (Å²) in [5, 5.41) is 2.67. The number of fused-ring (bicyclic) bond motifs is 1. The van der Waals surface area contributed by atoms with Crippen LogP contribution in [0, 0.1) is 5.92 Å². The lowest BCUT2D eigenvalue weighted by Crippen LogP contribution is -2.44. The topological polar surface area (TPSA) is 92.3 Å². The molecule has 0 saturated carbocycles. The summed E-state index contributed by atoms with van der Waals surface area (Å²) in [6.45, 7) is 7.69. The first-order valence-corrected chi connectivity index (χ1v) is 10.4. The summed E-state index contributed by atoms with van der Waals surface area (Å²) in [5.74, 6) is -1.80. The van der Waals surface area contributed by atoms with Crippen molar-refractivity contribution < 1.29 is 33.3 Å². The summed E-state index contributed by atoms with van der Waals surface area (Å²) in [6.07, 6.45) is 0.945. The minimum atomic E-state index is -0.782. The molecule has 0 aromatic heterocycles. The molecule has 8 heteroatoms. The zero-order valence-corrected chi connectivity index (χ0v) is 18.6. The van der Waals surface area contributed by atoms with E-state index < -0.39 is 48.3 Å². The Bertz CT molecular complexity index is 792. The van der Waals surface area contributed by atoms with E-state index in [0.29, 0.717) is 6.61 Å². The van der Waals surface area contributed by atoms with Crippen LogP contribution in [0.2, 0.25) is 0 Å². The number of hydrogen-bond donors (Lipinski definition) is 1. The average molecular weight is 434 g/mol.